The van der Waals surface area contributed by atoms with Gasteiger partial charge in [-0.3, -0.25) is 0 Å². The summed E-state index contributed by atoms with van der Waals surface area (Å²) in [5.41, 5.74) is 1.34. The molecule has 0 fully saturated rings. The van der Waals surface area contributed by atoms with Crippen LogP contribution < -0.4 is 9.47 Å². The molecule has 2 rings (SSSR count). The smallest absolute Gasteiger partial charge is 0.162 e. The van der Waals surface area contributed by atoms with Crippen molar-refractivity contribution in [3.05, 3.63) is 41.3 Å². The molecule has 1 N–H and O–H groups in total. The standard InChI is InChI=1S/C14H17NO5/c1-17-9-13-5-11(15-20-13)8-19-14-6-12(18-2)4-3-10(14)7-16/h3-6,16H,7-9H2,1-2H3. The van der Waals surface area contributed by atoms with Crippen LogP contribution in [-0.4, -0.2) is 24.5 Å². The van der Waals surface area contributed by atoms with E-state index in [9.17, 15) is 5.11 Å². The Labute approximate surface area is 116 Å². The molecule has 6 heteroatoms. The van der Waals surface area contributed by atoms with Crippen LogP contribution in [0.1, 0.15) is 17.0 Å². The quantitative estimate of drug-likeness (QED) is 0.834. The summed E-state index contributed by atoms with van der Waals surface area (Å²) in [5.74, 6) is 1.86. The number of ether oxygens (including phenoxy) is 3. The molecule has 1 aromatic carbocycles. The molecule has 0 saturated carbocycles. The van der Waals surface area contributed by atoms with E-state index in [0.717, 1.165) is 0 Å². The van der Waals surface area contributed by atoms with E-state index >= 15 is 0 Å². The Morgan fingerprint density at radius 3 is 2.75 bits per heavy atom. The number of aliphatic hydroxyl groups is 1. The van der Waals surface area contributed by atoms with Crippen LogP contribution in [0.15, 0.2) is 28.8 Å². The fourth-order valence-electron chi connectivity index (χ4n) is 1.71. The van der Waals surface area contributed by atoms with Crippen LogP contribution in [0.3, 0.4) is 0 Å². The summed E-state index contributed by atoms with van der Waals surface area (Å²) in [7, 11) is 3.16. The Morgan fingerprint density at radius 2 is 2.05 bits per heavy atom. The molecule has 0 aliphatic carbocycles. The first kappa shape index (κ1) is 14.4. The highest BCUT2D eigenvalue weighted by molar-refractivity contribution is 5.40. The zero-order valence-corrected chi connectivity index (χ0v) is 11.5. The van der Waals surface area contributed by atoms with Crippen molar-refractivity contribution in [1.82, 2.24) is 5.16 Å². The number of hydrogen-bond acceptors (Lipinski definition) is 6. The Bertz CT molecular complexity index is 552. The minimum absolute atomic E-state index is 0.104. The molecule has 0 spiro atoms. The summed E-state index contributed by atoms with van der Waals surface area (Å²) in [5, 5.41) is 13.2. The van der Waals surface area contributed by atoms with Crippen molar-refractivity contribution in [1.29, 1.82) is 0 Å². The monoisotopic (exact) mass is 279 g/mol. The highest BCUT2D eigenvalue weighted by Crippen LogP contribution is 2.25. The second kappa shape index (κ2) is 6.93. The van der Waals surface area contributed by atoms with Crippen molar-refractivity contribution in [3.8, 4) is 11.5 Å². The van der Waals surface area contributed by atoms with Gasteiger partial charge in [0.15, 0.2) is 5.76 Å². The van der Waals surface area contributed by atoms with Gasteiger partial charge in [-0.1, -0.05) is 5.16 Å². The van der Waals surface area contributed by atoms with Crippen LogP contribution in [0, 0.1) is 0 Å². The van der Waals surface area contributed by atoms with Gasteiger partial charge >= 0.3 is 0 Å². The number of benzene rings is 1. The second-order valence-electron chi connectivity index (χ2n) is 4.14. The number of aliphatic hydroxyl groups excluding tert-OH is 1. The number of hydrogen-bond donors (Lipinski definition) is 1. The predicted molar refractivity (Wildman–Crippen MR) is 70.5 cm³/mol. The zero-order chi connectivity index (χ0) is 14.4. The average molecular weight is 279 g/mol. The summed E-state index contributed by atoms with van der Waals surface area (Å²) < 4.78 is 20.8. The van der Waals surface area contributed by atoms with Gasteiger partial charge in [-0.15, -0.1) is 0 Å². The van der Waals surface area contributed by atoms with E-state index in [-0.39, 0.29) is 13.2 Å². The molecule has 1 aromatic heterocycles. The number of aromatic nitrogens is 1. The van der Waals surface area contributed by atoms with E-state index in [0.29, 0.717) is 35.1 Å². The van der Waals surface area contributed by atoms with E-state index in [1.165, 1.54) is 0 Å². The van der Waals surface area contributed by atoms with Gasteiger partial charge in [0, 0.05) is 24.8 Å². The maximum atomic E-state index is 9.28. The number of methoxy groups -OCH3 is 2. The maximum absolute atomic E-state index is 9.28. The van der Waals surface area contributed by atoms with Crippen LogP contribution >= 0.6 is 0 Å². The molecular formula is C14H17NO5. The summed E-state index contributed by atoms with van der Waals surface area (Å²) >= 11 is 0. The molecule has 1 heterocycles. The second-order valence-corrected chi connectivity index (χ2v) is 4.14. The van der Waals surface area contributed by atoms with Crippen LogP contribution in [-0.2, 0) is 24.6 Å². The third-order valence-corrected chi connectivity index (χ3v) is 2.71. The van der Waals surface area contributed by atoms with Gasteiger partial charge in [0.05, 0.1) is 13.7 Å². The molecule has 0 radical (unpaired) electrons. The van der Waals surface area contributed by atoms with E-state index in [2.05, 4.69) is 5.16 Å². The Balaban J connectivity index is 2.05. The molecule has 2 aromatic rings. The van der Waals surface area contributed by atoms with Crippen LogP contribution in [0.25, 0.3) is 0 Å². The average Bonchev–Trinajstić information content (AvgIpc) is 2.93. The van der Waals surface area contributed by atoms with Crippen LogP contribution in [0.4, 0.5) is 0 Å². The SMILES string of the molecule is COCc1cc(COc2cc(OC)ccc2CO)no1. The minimum Gasteiger partial charge on any atom is -0.497 e. The zero-order valence-electron chi connectivity index (χ0n) is 11.5. The van der Waals surface area contributed by atoms with Gasteiger partial charge in [-0.2, -0.15) is 0 Å². The Hall–Kier alpha value is -2.05. The molecule has 108 valence electrons. The molecule has 0 unspecified atom stereocenters. The highest BCUT2D eigenvalue weighted by atomic mass is 16.5. The van der Waals surface area contributed by atoms with E-state index < -0.39 is 0 Å². The normalized spacial score (nSPS) is 10.6. The van der Waals surface area contributed by atoms with E-state index in [4.69, 9.17) is 18.7 Å². The summed E-state index contributed by atoms with van der Waals surface area (Å²) in [4.78, 5) is 0. The van der Waals surface area contributed by atoms with Gasteiger partial charge in [0.1, 0.15) is 30.4 Å². The molecule has 0 aliphatic rings. The van der Waals surface area contributed by atoms with Gasteiger partial charge in [0.25, 0.3) is 0 Å². The van der Waals surface area contributed by atoms with Gasteiger partial charge in [-0.05, 0) is 12.1 Å². The Morgan fingerprint density at radius 1 is 1.20 bits per heavy atom. The predicted octanol–water partition coefficient (Wildman–Crippen LogP) is 1.90. The molecule has 0 bridgehead atoms. The molecule has 6 nitrogen and oxygen atoms in total. The van der Waals surface area contributed by atoms with E-state index in [1.807, 2.05) is 0 Å². The number of rotatable bonds is 7. The lowest BCUT2D eigenvalue weighted by molar-refractivity contribution is 0.155. The lowest BCUT2D eigenvalue weighted by Crippen LogP contribution is -1.99. The van der Waals surface area contributed by atoms with Crippen molar-refractivity contribution >= 4 is 0 Å². The molecule has 0 amide bonds. The van der Waals surface area contributed by atoms with Crippen LogP contribution in [0.5, 0.6) is 11.5 Å². The minimum atomic E-state index is -0.104. The van der Waals surface area contributed by atoms with Gasteiger partial charge in [0.2, 0.25) is 0 Å². The largest absolute Gasteiger partial charge is 0.497 e. The third-order valence-electron chi connectivity index (χ3n) is 2.71. The topological polar surface area (TPSA) is 74.0 Å². The molecular weight excluding hydrogens is 262 g/mol. The van der Waals surface area contributed by atoms with Crippen LogP contribution in [0.2, 0.25) is 0 Å². The lowest BCUT2D eigenvalue weighted by atomic mass is 10.2. The summed E-state index contributed by atoms with van der Waals surface area (Å²) in [6.45, 7) is 0.508. The first-order valence-electron chi connectivity index (χ1n) is 6.10. The van der Waals surface area contributed by atoms with Gasteiger partial charge in [-0.25, -0.2) is 0 Å². The van der Waals surface area contributed by atoms with Crippen molar-refractivity contribution in [2.45, 2.75) is 19.8 Å². The third kappa shape index (κ3) is 3.49. The fraction of sp³-hybridized carbons (Fsp3) is 0.357. The summed E-state index contributed by atoms with van der Waals surface area (Å²) in [6.07, 6.45) is 0. The first-order chi connectivity index (χ1) is 9.76. The van der Waals surface area contributed by atoms with Crippen molar-refractivity contribution in [2.75, 3.05) is 14.2 Å². The van der Waals surface area contributed by atoms with Gasteiger partial charge < -0.3 is 23.8 Å². The van der Waals surface area contributed by atoms with Crippen molar-refractivity contribution in [2.24, 2.45) is 0 Å². The highest BCUT2D eigenvalue weighted by Gasteiger charge is 2.08. The molecule has 0 saturated heterocycles. The summed E-state index contributed by atoms with van der Waals surface area (Å²) in [6, 6.07) is 7.02. The molecule has 0 atom stereocenters. The maximum Gasteiger partial charge on any atom is 0.162 e. The molecule has 0 aliphatic heterocycles. The first-order valence-corrected chi connectivity index (χ1v) is 6.10. The van der Waals surface area contributed by atoms with Crippen molar-refractivity contribution in [3.63, 3.8) is 0 Å². The Kier molecular flexibility index (Phi) is 4.97. The molecule has 20 heavy (non-hydrogen) atoms. The van der Waals surface area contributed by atoms with Crippen molar-refractivity contribution < 1.29 is 23.8 Å². The lowest BCUT2D eigenvalue weighted by Gasteiger charge is -2.10. The number of nitrogens with zero attached hydrogens (tertiary/aromatic N) is 1. The fourth-order valence-corrected chi connectivity index (χ4v) is 1.71. The van der Waals surface area contributed by atoms with E-state index in [1.54, 1.807) is 38.5 Å².